The van der Waals surface area contributed by atoms with Gasteiger partial charge in [0.1, 0.15) is 5.76 Å². The maximum Gasteiger partial charge on any atom is 0.223 e. The molecule has 2 fully saturated rings. The Morgan fingerprint density at radius 1 is 1.39 bits per heavy atom. The third-order valence-electron chi connectivity index (χ3n) is 4.52. The molecule has 0 radical (unpaired) electrons. The van der Waals surface area contributed by atoms with Crippen LogP contribution in [0.25, 0.3) is 0 Å². The van der Waals surface area contributed by atoms with Crippen LogP contribution in [0, 0.1) is 5.82 Å². The average Bonchev–Trinajstić information content (AvgIpc) is 3.26. The van der Waals surface area contributed by atoms with Gasteiger partial charge in [0.15, 0.2) is 5.82 Å². The molecule has 2 saturated heterocycles. The Morgan fingerprint density at radius 2 is 2.26 bits per heavy atom. The normalized spacial score (nSPS) is 27.8. The minimum absolute atomic E-state index is 0.107. The summed E-state index contributed by atoms with van der Waals surface area (Å²) in [5, 5.41) is 3.23. The molecule has 4 heterocycles. The van der Waals surface area contributed by atoms with Crippen LogP contribution in [0.1, 0.15) is 18.6 Å². The van der Waals surface area contributed by atoms with Gasteiger partial charge in [0.05, 0.1) is 43.5 Å². The van der Waals surface area contributed by atoms with Crippen LogP contribution < -0.4 is 5.32 Å². The molecule has 2 aromatic rings. The minimum Gasteiger partial charge on any atom is -0.468 e. The second-order valence-electron chi connectivity index (χ2n) is 6.30. The molecule has 2 aromatic heterocycles. The highest BCUT2D eigenvalue weighted by Gasteiger charge is 2.45. The van der Waals surface area contributed by atoms with Crippen molar-refractivity contribution in [3.8, 4) is 0 Å². The summed E-state index contributed by atoms with van der Waals surface area (Å²) < 4.78 is 24.4. The van der Waals surface area contributed by atoms with E-state index in [9.17, 15) is 4.39 Å². The number of furan rings is 1. The van der Waals surface area contributed by atoms with Crippen LogP contribution in [0.5, 0.6) is 0 Å². The topological polar surface area (TPSA) is 63.4 Å². The van der Waals surface area contributed by atoms with Crippen LogP contribution in [-0.2, 0) is 11.3 Å². The summed E-state index contributed by atoms with van der Waals surface area (Å²) >= 11 is 0. The standard InChI is InChI=1S/C16H19FN4O2/c17-12-7-18-15(19-8-12)20-13-6-16(23-10-13)3-4-21(11-16)9-14-2-1-5-22-14/h1-2,5,7-8,13H,3-4,6,9-11H2,(H,18,19,20)/t13-,16+/m0/s1. The van der Waals surface area contributed by atoms with E-state index in [1.54, 1.807) is 6.26 Å². The fourth-order valence-electron chi connectivity index (χ4n) is 3.48. The lowest BCUT2D eigenvalue weighted by Crippen LogP contribution is -2.33. The second-order valence-corrected chi connectivity index (χ2v) is 6.30. The molecular weight excluding hydrogens is 299 g/mol. The molecule has 0 saturated carbocycles. The van der Waals surface area contributed by atoms with Crippen LogP contribution in [0.15, 0.2) is 35.2 Å². The van der Waals surface area contributed by atoms with E-state index in [-0.39, 0.29) is 11.6 Å². The number of halogens is 1. The Bertz CT molecular complexity index is 649. The third kappa shape index (κ3) is 3.20. The third-order valence-corrected chi connectivity index (χ3v) is 4.52. The lowest BCUT2D eigenvalue weighted by Gasteiger charge is -2.23. The maximum atomic E-state index is 12.8. The van der Waals surface area contributed by atoms with E-state index < -0.39 is 5.82 Å². The number of ether oxygens (including phenoxy) is 1. The zero-order valence-corrected chi connectivity index (χ0v) is 12.7. The summed E-state index contributed by atoms with van der Waals surface area (Å²) in [5.41, 5.74) is -0.107. The van der Waals surface area contributed by atoms with Gasteiger partial charge in [-0.3, -0.25) is 4.90 Å². The van der Waals surface area contributed by atoms with E-state index in [0.29, 0.717) is 12.6 Å². The molecule has 122 valence electrons. The number of rotatable bonds is 4. The Labute approximate surface area is 133 Å². The number of aromatic nitrogens is 2. The summed E-state index contributed by atoms with van der Waals surface area (Å²) in [6.45, 7) is 3.34. The van der Waals surface area contributed by atoms with E-state index in [1.807, 2.05) is 12.1 Å². The van der Waals surface area contributed by atoms with E-state index >= 15 is 0 Å². The first-order valence-electron chi connectivity index (χ1n) is 7.84. The average molecular weight is 318 g/mol. The molecule has 7 heteroatoms. The lowest BCUT2D eigenvalue weighted by atomic mass is 9.97. The van der Waals surface area contributed by atoms with Crippen molar-refractivity contribution in [1.29, 1.82) is 0 Å². The molecule has 2 atom stereocenters. The van der Waals surface area contributed by atoms with Crippen LogP contribution in [0.3, 0.4) is 0 Å². The van der Waals surface area contributed by atoms with Crippen molar-refractivity contribution < 1.29 is 13.5 Å². The van der Waals surface area contributed by atoms with Gasteiger partial charge in [-0.1, -0.05) is 0 Å². The van der Waals surface area contributed by atoms with Crippen molar-refractivity contribution in [2.45, 2.75) is 31.0 Å². The molecule has 0 bridgehead atoms. The Balaban J connectivity index is 1.33. The minimum atomic E-state index is -0.431. The number of nitrogens with one attached hydrogen (secondary N) is 1. The summed E-state index contributed by atoms with van der Waals surface area (Å²) in [7, 11) is 0. The van der Waals surface area contributed by atoms with Crippen molar-refractivity contribution in [1.82, 2.24) is 14.9 Å². The molecule has 0 unspecified atom stereocenters. The first-order valence-corrected chi connectivity index (χ1v) is 7.84. The first kappa shape index (κ1) is 14.6. The molecule has 23 heavy (non-hydrogen) atoms. The van der Waals surface area contributed by atoms with Gasteiger partial charge in [0.2, 0.25) is 5.95 Å². The highest BCUT2D eigenvalue weighted by atomic mass is 19.1. The van der Waals surface area contributed by atoms with Gasteiger partial charge in [0.25, 0.3) is 0 Å². The highest BCUT2D eigenvalue weighted by Crippen LogP contribution is 2.36. The van der Waals surface area contributed by atoms with Gasteiger partial charge >= 0.3 is 0 Å². The number of hydrogen-bond acceptors (Lipinski definition) is 6. The quantitative estimate of drug-likeness (QED) is 0.931. The summed E-state index contributed by atoms with van der Waals surface area (Å²) in [4.78, 5) is 10.2. The molecule has 2 aliphatic rings. The zero-order valence-electron chi connectivity index (χ0n) is 12.7. The molecule has 6 nitrogen and oxygen atoms in total. The Morgan fingerprint density at radius 3 is 3.04 bits per heavy atom. The largest absolute Gasteiger partial charge is 0.468 e. The first-order chi connectivity index (χ1) is 11.2. The number of likely N-dealkylation sites (tertiary alicyclic amines) is 1. The molecule has 1 spiro atoms. The van der Waals surface area contributed by atoms with Crippen LogP contribution in [0.4, 0.5) is 10.3 Å². The van der Waals surface area contributed by atoms with E-state index in [4.69, 9.17) is 9.15 Å². The molecule has 2 aliphatic heterocycles. The predicted octanol–water partition coefficient (Wildman–Crippen LogP) is 2.05. The molecule has 1 N–H and O–H groups in total. The van der Waals surface area contributed by atoms with Crippen molar-refractivity contribution in [3.05, 3.63) is 42.4 Å². The van der Waals surface area contributed by atoms with Crippen LogP contribution >= 0.6 is 0 Å². The van der Waals surface area contributed by atoms with Gasteiger partial charge in [-0.25, -0.2) is 14.4 Å². The highest BCUT2D eigenvalue weighted by molar-refractivity contribution is 5.26. The second kappa shape index (κ2) is 5.90. The van der Waals surface area contributed by atoms with Gasteiger partial charge in [-0.15, -0.1) is 0 Å². The lowest BCUT2D eigenvalue weighted by molar-refractivity contribution is 0.0115. The Kier molecular flexibility index (Phi) is 3.74. The monoisotopic (exact) mass is 318 g/mol. The van der Waals surface area contributed by atoms with Crippen LogP contribution in [0.2, 0.25) is 0 Å². The molecule has 0 amide bonds. The van der Waals surface area contributed by atoms with E-state index in [0.717, 1.165) is 38.2 Å². The summed E-state index contributed by atoms with van der Waals surface area (Å²) in [6, 6.07) is 4.07. The van der Waals surface area contributed by atoms with Crippen LogP contribution in [-0.4, -0.2) is 46.2 Å². The molecule has 0 aromatic carbocycles. The smallest absolute Gasteiger partial charge is 0.223 e. The van der Waals surface area contributed by atoms with Gasteiger partial charge in [0, 0.05) is 19.5 Å². The number of nitrogens with zero attached hydrogens (tertiary/aromatic N) is 3. The fraction of sp³-hybridized carbons (Fsp3) is 0.500. The predicted molar refractivity (Wildman–Crippen MR) is 81.3 cm³/mol. The SMILES string of the molecule is Fc1cnc(N[C@@H]2CO[C@]3(CCN(Cc4ccco4)C3)C2)nc1. The summed E-state index contributed by atoms with van der Waals surface area (Å²) in [5.74, 6) is 0.996. The number of hydrogen-bond donors (Lipinski definition) is 1. The van der Waals surface area contributed by atoms with E-state index in [2.05, 4.69) is 20.2 Å². The number of anilines is 1. The van der Waals surface area contributed by atoms with Crippen molar-refractivity contribution in [2.24, 2.45) is 0 Å². The maximum absolute atomic E-state index is 12.8. The fourth-order valence-corrected chi connectivity index (χ4v) is 3.48. The summed E-state index contributed by atoms with van der Waals surface area (Å²) in [6.07, 6.45) is 5.96. The van der Waals surface area contributed by atoms with Gasteiger partial charge in [-0.2, -0.15) is 0 Å². The Hall–Kier alpha value is -1.99. The molecule has 0 aliphatic carbocycles. The van der Waals surface area contributed by atoms with Gasteiger partial charge < -0.3 is 14.5 Å². The molecular formula is C16H19FN4O2. The zero-order chi connectivity index (χ0) is 15.7. The van der Waals surface area contributed by atoms with Crippen molar-refractivity contribution in [3.63, 3.8) is 0 Å². The molecule has 4 rings (SSSR count). The van der Waals surface area contributed by atoms with E-state index in [1.165, 1.54) is 12.4 Å². The van der Waals surface area contributed by atoms with Gasteiger partial charge in [-0.05, 0) is 18.6 Å². The van der Waals surface area contributed by atoms with Crippen molar-refractivity contribution >= 4 is 5.95 Å². The van der Waals surface area contributed by atoms with Crippen molar-refractivity contribution in [2.75, 3.05) is 25.0 Å².